The Hall–Kier alpha value is -1.03. The number of hydrogen-bond donors (Lipinski definition) is 1. The molecule has 3 nitrogen and oxygen atoms in total. The Morgan fingerprint density at radius 1 is 1.58 bits per heavy atom. The van der Waals surface area contributed by atoms with E-state index in [4.69, 9.17) is 0 Å². The van der Waals surface area contributed by atoms with E-state index in [1.54, 1.807) is 0 Å². The van der Waals surface area contributed by atoms with Gasteiger partial charge in [0.15, 0.2) is 5.96 Å². The summed E-state index contributed by atoms with van der Waals surface area (Å²) in [5.74, 6) is 1.05. The summed E-state index contributed by atoms with van der Waals surface area (Å²) in [5.41, 5.74) is 0.434. The van der Waals surface area contributed by atoms with Crippen LogP contribution >= 0.6 is 11.3 Å². The molecule has 1 aliphatic rings. The van der Waals surface area contributed by atoms with Gasteiger partial charge in [0.05, 0.1) is 0 Å². The Morgan fingerprint density at radius 3 is 2.84 bits per heavy atom. The second-order valence-electron chi connectivity index (χ2n) is 5.94. The third-order valence-corrected chi connectivity index (χ3v) is 4.70. The molecule has 0 aromatic carbocycles. The van der Waals surface area contributed by atoms with Crippen molar-refractivity contribution in [3.8, 4) is 0 Å². The summed E-state index contributed by atoms with van der Waals surface area (Å²) in [6.07, 6.45) is 2.33. The first-order chi connectivity index (χ1) is 9.03. The molecule has 1 aromatic rings. The molecule has 1 fully saturated rings. The van der Waals surface area contributed by atoms with Crippen molar-refractivity contribution in [2.45, 2.75) is 39.7 Å². The average Bonchev–Trinajstić information content (AvgIpc) is 2.81. The van der Waals surface area contributed by atoms with Gasteiger partial charge in [0.1, 0.15) is 0 Å². The highest BCUT2D eigenvalue weighted by atomic mass is 32.1. The van der Waals surface area contributed by atoms with E-state index < -0.39 is 0 Å². The SMILES string of the molecule is CCN=C(NC1CC1(C)C)N(C)CCc1cccs1. The Labute approximate surface area is 120 Å². The van der Waals surface area contributed by atoms with E-state index in [0.717, 1.165) is 25.5 Å². The number of rotatable bonds is 5. The van der Waals surface area contributed by atoms with E-state index in [9.17, 15) is 0 Å². The van der Waals surface area contributed by atoms with Gasteiger partial charge in [-0.3, -0.25) is 4.99 Å². The maximum Gasteiger partial charge on any atom is 0.193 e. The standard InChI is InChI=1S/C15H25N3S/c1-5-16-14(17-13-11-15(13,2)3)18(4)9-8-12-7-6-10-19-12/h6-7,10,13H,5,8-9,11H2,1-4H3,(H,16,17). The maximum atomic E-state index is 4.60. The summed E-state index contributed by atoms with van der Waals surface area (Å²) in [7, 11) is 2.13. The van der Waals surface area contributed by atoms with E-state index in [-0.39, 0.29) is 0 Å². The van der Waals surface area contributed by atoms with Crippen LogP contribution < -0.4 is 5.32 Å². The number of nitrogens with one attached hydrogen (secondary N) is 1. The van der Waals surface area contributed by atoms with E-state index in [2.05, 4.69) is 60.5 Å². The number of nitrogens with zero attached hydrogens (tertiary/aromatic N) is 2. The molecule has 1 atom stereocenters. The predicted octanol–water partition coefficient (Wildman–Crippen LogP) is 2.99. The van der Waals surface area contributed by atoms with Crippen molar-refractivity contribution < 1.29 is 0 Å². The topological polar surface area (TPSA) is 27.6 Å². The molecule has 2 rings (SSSR count). The van der Waals surface area contributed by atoms with Crippen LogP contribution in [0.15, 0.2) is 22.5 Å². The van der Waals surface area contributed by atoms with Crippen LogP contribution in [0, 0.1) is 5.41 Å². The zero-order valence-electron chi connectivity index (χ0n) is 12.4. The fraction of sp³-hybridized carbons (Fsp3) is 0.667. The molecule has 0 spiro atoms. The molecule has 0 bridgehead atoms. The van der Waals surface area contributed by atoms with E-state index in [1.165, 1.54) is 11.3 Å². The highest BCUT2D eigenvalue weighted by Crippen LogP contribution is 2.44. The summed E-state index contributed by atoms with van der Waals surface area (Å²) < 4.78 is 0. The molecule has 0 radical (unpaired) electrons. The number of guanidine groups is 1. The first kappa shape index (κ1) is 14.4. The fourth-order valence-corrected chi connectivity index (χ4v) is 2.83. The van der Waals surface area contributed by atoms with Gasteiger partial charge in [0.25, 0.3) is 0 Å². The highest BCUT2D eigenvalue weighted by molar-refractivity contribution is 7.09. The molecular formula is C15H25N3S. The van der Waals surface area contributed by atoms with Crippen molar-refractivity contribution in [1.29, 1.82) is 0 Å². The monoisotopic (exact) mass is 279 g/mol. The number of aliphatic imine (C=N–C) groups is 1. The van der Waals surface area contributed by atoms with Crippen LogP contribution in [0.3, 0.4) is 0 Å². The summed E-state index contributed by atoms with van der Waals surface area (Å²) in [6.45, 7) is 8.55. The summed E-state index contributed by atoms with van der Waals surface area (Å²) in [6, 6.07) is 4.90. The van der Waals surface area contributed by atoms with Gasteiger partial charge in [-0.05, 0) is 36.6 Å². The van der Waals surface area contributed by atoms with E-state index in [0.29, 0.717) is 11.5 Å². The predicted molar refractivity (Wildman–Crippen MR) is 84.0 cm³/mol. The minimum atomic E-state index is 0.434. The van der Waals surface area contributed by atoms with Crippen molar-refractivity contribution in [3.63, 3.8) is 0 Å². The van der Waals surface area contributed by atoms with Gasteiger partial charge in [-0.1, -0.05) is 19.9 Å². The summed E-state index contributed by atoms with van der Waals surface area (Å²) in [4.78, 5) is 8.29. The molecule has 0 aliphatic heterocycles. The van der Waals surface area contributed by atoms with Gasteiger partial charge >= 0.3 is 0 Å². The van der Waals surface area contributed by atoms with Gasteiger partial charge in [0.2, 0.25) is 0 Å². The first-order valence-corrected chi connectivity index (χ1v) is 7.95. The molecule has 1 saturated carbocycles. The lowest BCUT2D eigenvalue weighted by Gasteiger charge is -2.23. The van der Waals surface area contributed by atoms with Crippen molar-refractivity contribution in [1.82, 2.24) is 10.2 Å². The van der Waals surface area contributed by atoms with Crippen LogP contribution in [0.1, 0.15) is 32.1 Å². The Kier molecular flexibility index (Phi) is 4.50. The Bertz CT molecular complexity index is 423. The molecule has 0 saturated heterocycles. The first-order valence-electron chi connectivity index (χ1n) is 7.07. The summed E-state index contributed by atoms with van der Waals surface area (Å²) in [5, 5.41) is 5.73. The molecule has 1 aromatic heterocycles. The van der Waals surface area contributed by atoms with Crippen LogP contribution in [0.2, 0.25) is 0 Å². The van der Waals surface area contributed by atoms with Crippen molar-refractivity contribution >= 4 is 17.3 Å². The van der Waals surface area contributed by atoms with Crippen molar-refractivity contribution in [2.75, 3.05) is 20.1 Å². The van der Waals surface area contributed by atoms with Gasteiger partial charge in [-0.25, -0.2) is 0 Å². The minimum Gasteiger partial charge on any atom is -0.353 e. The number of thiophene rings is 1. The van der Waals surface area contributed by atoms with Gasteiger partial charge in [-0.15, -0.1) is 11.3 Å². The van der Waals surface area contributed by atoms with Crippen LogP contribution in [0.25, 0.3) is 0 Å². The fourth-order valence-electron chi connectivity index (χ4n) is 2.13. The lowest BCUT2D eigenvalue weighted by molar-refractivity contribution is 0.474. The van der Waals surface area contributed by atoms with Crippen LogP contribution in [-0.4, -0.2) is 37.0 Å². The molecule has 1 heterocycles. The molecular weight excluding hydrogens is 254 g/mol. The van der Waals surface area contributed by atoms with Gasteiger partial charge < -0.3 is 10.2 Å². The lowest BCUT2D eigenvalue weighted by Crippen LogP contribution is -2.42. The maximum absolute atomic E-state index is 4.60. The Morgan fingerprint density at radius 2 is 2.32 bits per heavy atom. The van der Waals surface area contributed by atoms with Crippen molar-refractivity contribution in [2.24, 2.45) is 10.4 Å². The lowest BCUT2D eigenvalue weighted by atomic mass is 10.2. The molecule has 4 heteroatoms. The Balaban J connectivity index is 1.86. The van der Waals surface area contributed by atoms with E-state index >= 15 is 0 Å². The van der Waals surface area contributed by atoms with Crippen LogP contribution in [0.5, 0.6) is 0 Å². The number of hydrogen-bond acceptors (Lipinski definition) is 2. The van der Waals surface area contributed by atoms with Crippen LogP contribution in [-0.2, 0) is 6.42 Å². The molecule has 1 unspecified atom stereocenters. The second kappa shape index (κ2) is 5.95. The molecule has 19 heavy (non-hydrogen) atoms. The normalized spacial score (nSPS) is 21.3. The summed E-state index contributed by atoms with van der Waals surface area (Å²) >= 11 is 1.83. The third-order valence-electron chi connectivity index (χ3n) is 3.76. The zero-order chi connectivity index (χ0) is 13.9. The molecule has 0 amide bonds. The third kappa shape index (κ3) is 3.96. The van der Waals surface area contributed by atoms with Gasteiger partial charge in [0, 0.05) is 31.1 Å². The smallest absolute Gasteiger partial charge is 0.193 e. The second-order valence-corrected chi connectivity index (χ2v) is 6.97. The number of likely N-dealkylation sites (N-methyl/N-ethyl adjacent to an activating group) is 1. The zero-order valence-corrected chi connectivity index (χ0v) is 13.3. The van der Waals surface area contributed by atoms with Crippen molar-refractivity contribution in [3.05, 3.63) is 22.4 Å². The van der Waals surface area contributed by atoms with Crippen LogP contribution in [0.4, 0.5) is 0 Å². The highest BCUT2D eigenvalue weighted by Gasteiger charge is 2.46. The largest absolute Gasteiger partial charge is 0.353 e. The molecule has 1 aliphatic carbocycles. The van der Waals surface area contributed by atoms with E-state index in [1.807, 2.05) is 11.3 Å². The molecule has 1 N–H and O–H groups in total. The minimum absolute atomic E-state index is 0.434. The quantitative estimate of drug-likeness (QED) is 0.663. The average molecular weight is 279 g/mol. The molecule has 106 valence electrons. The van der Waals surface area contributed by atoms with Gasteiger partial charge in [-0.2, -0.15) is 0 Å².